The normalized spacial score (nSPS) is 22.8. The van der Waals surface area contributed by atoms with E-state index in [1.54, 1.807) is 7.11 Å². The molecule has 1 aromatic rings. The van der Waals surface area contributed by atoms with Crippen molar-refractivity contribution < 1.29 is 9.53 Å². The predicted molar refractivity (Wildman–Crippen MR) is 76.4 cm³/mol. The molecule has 4 nitrogen and oxygen atoms in total. The van der Waals surface area contributed by atoms with Crippen molar-refractivity contribution in [3.05, 3.63) is 24.3 Å². The Morgan fingerprint density at radius 2 is 2.37 bits per heavy atom. The zero-order chi connectivity index (χ0) is 13.7. The Morgan fingerprint density at radius 1 is 1.53 bits per heavy atom. The molecule has 2 unspecified atom stereocenters. The second-order valence-corrected chi connectivity index (χ2v) is 5.16. The third-order valence-corrected chi connectivity index (χ3v) is 3.69. The maximum absolute atomic E-state index is 12.0. The fourth-order valence-corrected chi connectivity index (χ4v) is 2.50. The third-order valence-electron chi connectivity index (χ3n) is 3.69. The molecule has 0 spiro atoms. The Morgan fingerprint density at radius 3 is 3.11 bits per heavy atom. The first-order chi connectivity index (χ1) is 9.19. The molecule has 1 saturated heterocycles. The minimum atomic E-state index is 0.0551. The van der Waals surface area contributed by atoms with Crippen LogP contribution in [0.4, 0.5) is 5.69 Å². The van der Waals surface area contributed by atoms with Crippen LogP contribution in [0.1, 0.15) is 26.2 Å². The lowest BCUT2D eigenvalue weighted by Gasteiger charge is -2.29. The molecule has 0 radical (unpaired) electrons. The largest absolute Gasteiger partial charge is 0.497 e. The van der Waals surface area contributed by atoms with Gasteiger partial charge in [0.05, 0.1) is 7.11 Å². The molecule has 4 heteroatoms. The Hall–Kier alpha value is -1.55. The predicted octanol–water partition coefficient (Wildman–Crippen LogP) is 2.41. The highest BCUT2D eigenvalue weighted by Gasteiger charge is 2.23. The summed E-state index contributed by atoms with van der Waals surface area (Å²) in [7, 11) is 1.62. The van der Waals surface area contributed by atoms with E-state index >= 15 is 0 Å². The summed E-state index contributed by atoms with van der Waals surface area (Å²) in [6.45, 7) is 3.22. The summed E-state index contributed by atoms with van der Waals surface area (Å²) in [5.41, 5.74) is 0.785. The van der Waals surface area contributed by atoms with Crippen LogP contribution in [-0.2, 0) is 4.79 Å². The summed E-state index contributed by atoms with van der Waals surface area (Å²) in [5, 5.41) is 6.35. The minimum Gasteiger partial charge on any atom is -0.497 e. The van der Waals surface area contributed by atoms with Gasteiger partial charge in [0.25, 0.3) is 0 Å². The van der Waals surface area contributed by atoms with Gasteiger partial charge in [0.2, 0.25) is 5.91 Å². The van der Waals surface area contributed by atoms with E-state index in [2.05, 4.69) is 17.6 Å². The lowest BCUT2D eigenvalue weighted by Crippen LogP contribution is -2.42. The lowest BCUT2D eigenvalue weighted by molar-refractivity contribution is -0.117. The maximum Gasteiger partial charge on any atom is 0.225 e. The summed E-state index contributed by atoms with van der Waals surface area (Å²) in [4.78, 5) is 12.0. The summed E-state index contributed by atoms with van der Waals surface area (Å²) in [6, 6.07) is 7.73. The summed E-state index contributed by atoms with van der Waals surface area (Å²) in [6.07, 6.45) is 2.93. The molecule has 0 saturated carbocycles. The van der Waals surface area contributed by atoms with Crippen LogP contribution < -0.4 is 15.4 Å². The van der Waals surface area contributed by atoms with E-state index in [0.717, 1.165) is 18.0 Å². The smallest absolute Gasteiger partial charge is 0.225 e. The molecule has 1 aliphatic rings. The van der Waals surface area contributed by atoms with Crippen LogP contribution in [0.5, 0.6) is 5.75 Å². The zero-order valence-corrected chi connectivity index (χ0v) is 11.6. The van der Waals surface area contributed by atoms with E-state index in [4.69, 9.17) is 4.74 Å². The number of nitrogens with one attached hydrogen (secondary N) is 2. The topological polar surface area (TPSA) is 50.4 Å². The first-order valence-corrected chi connectivity index (χ1v) is 6.86. The molecule has 2 N–H and O–H groups in total. The molecule has 104 valence electrons. The van der Waals surface area contributed by atoms with E-state index < -0.39 is 0 Å². The number of hydrogen-bond acceptors (Lipinski definition) is 3. The zero-order valence-electron chi connectivity index (χ0n) is 11.6. The second kappa shape index (κ2) is 6.57. The molecular formula is C15H22N2O2. The molecule has 0 aliphatic carbocycles. The highest BCUT2D eigenvalue weighted by Crippen LogP contribution is 2.20. The van der Waals surface area contributed by atoms with Gasteiger partial charge in [0.1, 0.15) is 5.75 Å². The maximum atomic E-state index is 12.0. The molecule has 0 bridgehead atoms. The third kappa shape index (κ3) is 3.96. The summed E-state index contributed by atoms with van der Waals surface area (Å²) < 4.78 is 5.14. The van der Waals surface area contributed by atoms with Crippen molar-refractivity contribution in [3.63, 3.8) is 0 Å². The van der Waals surface area contributed by atoms with Gasteiger partial charge >= 0.3 is 0 Å². The average Bonchev–Trinajstić information content (AvgIpc) is 2.41. The number of piperidine rings is 1. The molecule has 1 aromatic carbocycles. The number of carbonyl (C=O) groups is 1. The van der Waals surface area contributed by atoms with Gasteiger partial charge in [0, 0.05) is 24.2 Å². The number of hydrogen-bond donors (Lipinski definition) is 2. The van der Waals surface area contributed by atoms with Crippen molar-refractivity contribution in [2.45, 2.75) is 32.2 Å². The SMILES string of the molecule is COc1cccc(NC(=O)CC2NCCCC2C)c1. The van der Waals surface area contributed by atoms with Crippen molar-refractivity contribution in [1.29, 1.82) is 0 Å². The molecule has 2 rings (SSSR count). The van der Waals surface area contributed by atoms with Crippen LogP contribution in [0.3, 0.4) is 0 Å². The fourth-order valence-electron chi connectivity index (χ4n) is 2.50. The monoisotopic (exact) mass is 262 g/mol. The van der Waals surface area contributed by atoms with E-state index in [1.165, 1.54) is 12.8 Å². The van der Waals surface area contributed by atoms with Crippen molar-refractivity contribution in [2.24, 2.45) is 5.92 Å². The first kappa shape index (κ1) is 13.9. The van der Waals surface area contributed by atoms with Gasteiger partial charge in [-0.3, -0.25) is 4.79 Å². The standard InChI is InChI=1S/C15H22N2O2/c1-11-5-4-8-16-14(11)10-15(18)17-12-6-3-7-13(9-12)19-2/h3,6-7,9,11,14,16H,4-5,8,10H2,1-2H3,(H,17,18). The lowest BCUT2D eigenvalue weighted by atomic mass is 9.90. The molecular weight excluding hydrogens is 240 g/mol. The Kier molecular flexibility index (Phi) is 4.80. The van der Waals surface area contributed by atoms with E-state index in [9.17, 15) is 4.79 Å². The number of anilines is 1. The molecule has 1 amide bonds. The highest BCUT2D eigenvalue weighted by atomic mass is 16.5. The average molecular weight is 262 g/mol. The van der Waals surface area contributed by atoms with Crippen LogP contribution >= 0.6 is 0 Å². The molecule has 19 heavy (non-hydrogen) atoms. The van der Waals surface area contributed by atoms with Crippen LogP contribution in [0.15, 0.2) is 24.3 Å². The van der Waals surface area contributed by atoms with Crippen molar-refractivity contribution in [3.8, 4) is 5.75 Å². The number of benzene rings is 1. The minimum absolute atomic E-state index is 0.0551. The van der Waals surface area contributed by atoms with Gasteiger partial charge in [-0.2, -0.15) is 0 Å². The van der Waals surface area contributed by atoms with Gasteiger partial charge in [-0.15, -0.1) is 0 Å². The van der Waals surface area contributed by atoms with Gasteiger partial charge < -0.3 is 15.4 Å². The van der Waals surface area contributed by atoms with Crippen LogP contribution in [0.25, 0.3) is 0 Å². The Bertz CT molecular complexity index is 434. The fraction of sp³-hybridized carbons (Fsp3) is 0.533. The van der Waals surface area contributed by atoms with Gasteiger partial charge in [-0.25, -0.2) is 0 Å². The molecule has 1 aliphatic heterocycles. The van der Waals surface area contributed by atoms with Crippen molar-refractivity contribution in [1.82, 2.24) is 5.32 Å². The molecule has 0 aromatic heterocycles. The Balaban J connectivity index is 1.89. The van der Waals surface area contributed by atoms with Gasteiger partial charge in [-0.05, 0) is 37.4 Å². The van der Waals surface area contributed by atoms with E-state index in [-0.39, 0.29) is 5.91 Å². The van der Waals surface area contributed by atoms with Crippen molar-refractivity contribution in [2.75, 3.05) is 19.0 Å². The summed E-state index contributed by atoms with van der Waals surface area (Å²) >= 11 is 0. The van der Waals surface area contributed by atoms with Crippen LogP contribution in [0.2, 0.25) is 0 Å². The Labute approximate surface area is 114 Å². The van der Waals surface area contributed by atoms with Crippen molar-refractivity contribution >= 4 is 11.6 Å². The molecule has 1 fully saturated rings. The number of methoxy groups -OCH3 is 1. The molecule has 1 heterocycles. The number of amides is 1. The van der Waals surface area contributed by atoms with Gasteiger partial charge in [-0.1, -0.05) is 13.0 Å². The number of ether oxygens (including phenoxy) is 1. The highest BCUT2D eigenvalue weighted by molar-refractivity contribution is 5.91. The number of carbonyl (C=O) groups excluding carboxylic acids is 1. The number of rotatable bonds is 4. The van der Waals surface area contributed by atoms with Gasteiger partial charge in [0.15, 0.2) is 0 Å². The summed E-state index contributed by atoms with van der Waals surface area (Å²) in [5.74, 6) is 1.37. The van der Waals surface area contributed by atoms with Crippen LogP contribution in [-0.4, -0.2) is 25.6 Å². The van der Waals surface area contributed by atoms with E-state index in [1.807, 2.05) is 24.3 Å². The second-order valence-electron chi connectivity index (χ2n) is 5.16. The molecule has 2 atom stereocenters. The quantitative estimate of drug-likeness (QED) is 0.876. The van der Waals surface area contributed by atoms with E-state index in [0.29, 0.717) is 18.4 Å². The van der Waals surface area contributed by atoms with Crippen LogP contribution in [0, 0.1) is 5.92 Å². The first-order valence-electron chi connectivity index (χ1n) is 6.86.